The molecule has 0 aromatic heterocycles. The Kier molecular flexibility index (Phi) is 4.15. The fourth-order valence-electron chi connectivity index (χ4n) is 2.43. The third-order valence-electron chi connectivity index (χ3n) is 3.94. The first-order valence-electron chi connectivity index (χ1n) is 7.56. The van der Waals surface area contributed by atoms with Gasteiger partial charge in [-0.05, 0) is 43.4 Å². The van der Waals surface area contributed by atoms with E-state index in [2.05, 4.69) is 11.9 Å². The summed E-state index contributed by atoms with van der Waals surface area (Å²) in [5, 5.41) is 3.42. The Morgan fingerprint density at radius 1 is 1.29 bits per heavy atom. The molecule has 0 atom stereocenters. The number of rotatable bonds is 8. The first kappa shape index (κ1) is 14.8. The normalized spacial score (nSPS) is 18.9. The lowest BCUT2D eigenvalue weighted by Gasteiger charge is -2.20. The molecule has 0 radical (unpaired) electrons. The van der Waals surface area contributed by atoms with E-state index < -0.39 is 10.0 Å². The second kappa shape index (κ2) is 5.91. The van der Waals surface area contributed by atoms with E-state index in [1.165, 1.54) is 12.8 Å². The molecule has 0 heterocycles. The van der Waals surface area contributed by atoms with Gasteiger partial charge in [-0.3, -0.25) is 0 Å². The van der Waals surface area contributed by atoms with Crippen LogP contribution in [0.25, 0.3) is 0 Å². The van der Waals surface area contributed by atoms with E-state index in [0.29, 0.717) is 17.5 Å². The van der Waals surface area contributed by atoms with Crippen molar-refractivity contribution in [1.82, 2.24) is 9.62 Å². The summed E-state index contributed by atoms with van der Waals surface area (Å²) >= 11 is 0. The lowest BCUT2D eigenvalue weighted by Crippen LogP contribution is -2.33. The Balaban J connectivity index is 1.79. The second-order valence-corrected chi connectivity index (χ2v) is 7.79. The molecule has 0 bridgehead atoms. The molecule has 0 unspecified atom stereocenters. The highest BCUT2D eigenvalue weighted by atomic mass is 32.2. The summed E-state index contributed by atoms with van der Waals surface area (Å²) in [6.45, 7) is 4.80. The molecule has 21 heavy (non-hydrogen) atoms. The van der Waals surface area contributed by atoms with Crippen LogP contribution in [0.2, 0.25) is 0 Å². The van der Waals surface area contributed by atoms with Crippen molar-refractivity contribution in [3.63, 3.8) is 0 Å². The van der Waals surface area contributed by atoms with Crippen LogP contribution < -0.4 is 5.32 Å². The van der Waals surface area contributed by atoms with Gasteiger partial charge < -0.3 is 5.32 Å². The highest BCUT2D eigenvalue weighted by Crippen LogP contribution is 2.32. The topological polar surface area (TPSA) is 49.4 Å². The highest BCUT2D eigenvalue weighted by molar-refractivity contribution is 7.89. The lowest BCUT2D eigenvalue weighted by atomic mass is 10.2. The summed E-state index contributed by atoms with van der Waals surface area (Å²) in [5.41, 5.74) is 1.03. The van der Waals surface area contributed by atoms with Gasteiger partial charge in [0.05, 0.1) is 4.90 Å². The molecule has 1 aromatic rings. The summed E-state index contributed by atoms with van der Waals surface area (Å²) in [5.74, 6) is 0. The summed E-state index contributed by atoms with van der Waals surface area (Å²) in [6.07, 6.45) is 6.03. The Morgan fingerprint density at radius 2 is 2.05 bits per heavy atom. The smallest absolute Gasteiger partial charge is 0.243 e. The predicted molar refractivity (Wildman–Crippen MR) is 83.4 cm³/mol. The van der Waals surface area contributed by atoms with Crippen molar-refractivity contribution in [2.24, 2.45) is 0 Å². The van der Waals surface area contributed by atoms with Gasteiger partial charge in [0.25, 0.3) is 0 Å². The largest absolute Gasteiger partial charge is 0.310 e. The van der Waals surface area contributed by atoms with Crippen LogP contribution in [0.3, 0.4) is 0 Å². The molecule has 3 rings (SSSR count). The molecule has 1 aromatic carbocycles. The van der Waals surface area contributed by atoms with Crippen molar-refractivity contribution in [1.29, 1.82) is 0 Å². The van der Waals surface area contributed by atoms with Gasteiger partial charge in [0, 0.05) is 25.2 Å². The van der Waals surface area contributed by atoms with Crippen molar-refractivity contribution >= 4 is 10.0 Å². The first-order chi connectivity index (χ1) is 10.1. The van der Waals surface area contributed by atoms with Gasteiger partial charge in [-0.2, -0.15) is 4.31 Å². The van der Waals surface area contributed by atoms with Crippen molar-refractivity contribution in [3.05, 3.63) is 42.5 Å². The second-order valence-electron chi connectivity index (χ2n) is 5.90. The molecule has 2 aliphatic carbocycles. The van der Waals surface area contributed by atoms with Gasteiger partial charge >= 0.3 is 0 Å². The molecule has 2 fully saturated rings. The number of hydrogen-bond acceptors (Lipinski definition) is 3. The molecular weight excluding hydrogens is 284 g/mol. The zero-order chi connectivity index (χ0) is 14.9. The van der Waals surface area contributed by atoms with Gasteiger partial charge in [-0.25, -0.2) is 8.42 Å². The number of sulfonamides is 1. The van der Waals surface area contributed by atoms with E-state index in [4.69, 9.17) is 0 Å². The van der Waals surface area contributed by atoms with Gasteiger partial charge in [0.2, 0.25) is 10.0 Å². The standard InChI is InChI=1S/C16H22N2O2S/c1-2-10-18(15-8-9-15)21(19,20)16-5-3-4-13(11-16)12-17-14-6-7-14/h2-5,11,14-15,17H,1,6-10,12H2. The molecule has 0 aliphatic heterocycles. The molecule has 0 saturated heterocycles. The van der Waals surface area contributed by atoms with E-state index in [1.807, 2.05) is 12.1 Å². The van der Waals surface area contributed by atoms with Crippen LogP contribution >= 0.6 is 0 Å². The van der Waals surface area contributed by atoms with Gasteiger partial charge in [-0.15, -0.1) is 6.58 Å². The van der Waals surface area contributed by atoms with Crippen LogP contribution in [0.4, 0.5) is 0 Å². The maximum Gasteiger partial charge on any atom is 0.243 e. The average molecular weight is 306 g/mol. The summed E-state index contributed by atoms with van der Waals surface area (Å²) in [6, 6.07) is 8.06. The van der Waals surface area contributed by atoms with Gasteiger partial charge in [-0.1, -0.05) is 18.2 Å². The van der Waals surface area contributed by atoms with Crippen LogP contribution in [0.5, 0.6) is 0 Å². The zero-order valence-electron chi connectivity index (χ0n) is 12.2. The fraction of sp³-hybridized carbons (Fsp3) is 0.500. The van der Waals surface area contributed by atoms with Crippen molar-refractivity contribution in [3.8, 4) is 0 Å². The molecule has 5 heteroatoms. The number of nitrogens with zero attached hydrogens (tertiary/aromatic N) is 1. The Morgan fingerprint density at radius 3 is 2.67 bits per heavy atom. The van der Waals surface area contributed by atoms with Crippen LogP contribution in [0.1, 0.15) is 31.2 Å². The zero-order valence-corrected chi connectivity index (χ0v) is 13.0. The van der Waals surface area contributed by atoms with Gasteiger partial charge in [0.15, 0.2) is 0 Å². The maximum absolute atomic E-state index is 12.8. The minimum atomic E-state index is -3.41. The molecule has 4 nitrogen and oxygen atoms in total. The van der Waals surface area contributed by atoms with E-state index in [9.17, 15) is 8.42 Å². The van der Waals surface area contributed by atoms with Crippen LogP contribution in [0, 0.1) is 0 Å². The Labute approximate surface area is 126 Å². The monoisotopic (exact) mass is 306 g/mol. The Hall–Kier alpha value is -1.17. The average Bonchev–Trinajstić information content (AvgIpc) is 3.37. The van der Waals surface area contributed by atoms with E-state index in [-0.39, 0.29) is 6.04 Å². The summed E-state index contributed by atoms with van der Waals surface area (Å²) < 4.78 is 27.1. The number of hydrogen-bond donors (Lipinski definition) is 1. The summed E-state index contributed by atoms with van der Waals surface area (Å²) in [4.78, 5) is 0.395. The molecule has 0 amide bonds. The molecule has 2 saturated carbocycles. The van der Waals surface area contributed by atoms with Gasteiger partial charge in [0.1, 0.15) is 0 Å². The quantitative estimate of drug-likeness (QED) is 0.750. The minimum Gasteiger partial charge on any atom is -0.310 e. The molecule has 114 valence electrons. The van der Waals surface area contributed by atoms with Crippen LogP contribution in [0.15, 0.2) is 41.8 Å². The van der Waals surface area contributed by atoms with Crippen molar-refractivity contribution in [2.45, 2.75) is 49.2 Å². The third-order valence-corrected chi connectivity index (χ3v) is 5.85. The lowest BCUT2D eigenvalue weighted by molar-refractivity contribution is 0.436. The SMILES string of the molecule is C=CCN(C1CC1)S(=O)(=O)c1cccc(CNC2CC2)c1. The minimum absolute atomic E-state index is 0.154. The highest BCUT2D eigenvalue weighted by Gasteiger charge is 2.37. The maximum atomic E-state index is 12.8. The fourth-order valence-corrected chi connectivity index (χ4v) is 4.16. The van der Waals surface area contributed by atoms with E-state index in [0.717, 1.165) is 24.9 Å². The number of benzene rings is 1. The van der Waals surface area contributed by atoms with Crippen LogP contribution in [-0.2, 0) is 16.6 Å². The molecular formula is C16H22N2O2S. The summed E-state index contributed by atoms with van der Waals surface area (Å²) in [7, 11) is -3.41. The molecule has 0 spiro atoms. The van der Waals surface area contributed by atoms with E-state index >= 15 is 0 Å². The number of nitrogens with one attached hydrogen (secondary N) is 1. The van der Waals surface area contributed by atoms with E-state index in [1.54, 1.807) is 22.5 Å². The van der Waals surface area contributed by atoms with Crippen molar-refractivity contribution < 1.29 is 8.42 Å². The third kappa shape index (κ3) is 3.54. The first-order valence-corrected chi connectivity index (χ1v) is 9.00. The molecule has 1 N–H and O–H groups in total. The van der Waals surface area contributed by atoms with Crippen molar-refractivity contribution in [2.75, 3.05) is 6.54 Å². The Bertz CT molecular complexity index is 619. The van der Waals surface area contributed by atoms with Crippen LogP contribution in [-0.4, -0.2) is 31.4 Å². The molecule has 2 aliphatic rings. The predicted octanol–water partition coefficient (Wildman–Crippen LogP) is 2.28.